The lowest BCUT2D eigenvalue weighted by Gasteiger charge is -2.36. The molecule has 1 aliphatic rings. The number of hydrogen-bond donors (Lipinski definition) is 2. The Kier molecular flexibility index (Phi) is 6.25. The quantitative estimate of drug-likeness (QED) is 0.842. The van der Waals surface area contributed by atoms with Gasteiger partial charge in [0.2, 0.25) is 5.91 Å². The number of amides is 3. The van der Waals surface area contributed by atoms with Gasteiger partial charge in [-0.25, -0.2) is 4.79 Å². The van der Waals surface area contributed by atoms with Crippen LogP contribution in [0.3, 0.4) is 0 Å². The summed E-state index contributed by atoms with van der Waals surface area (Å²) in [4.78, 5) is 32.7. The second-order valence-electron chi connectivity index (χ2n) is 6.56. The summed E-state index contributed by atoms with van der Waals surface area (Å²) in [6.07, 6.45) is 3.39. The molecule has 142 valence electrons. The Morgan fingerprint density at radius 1 is 1.07 bits per heavy atom. The average Bonchev–Trinajstić information content (AvgIpc) is 2.73. The summed E-state index contributed by atoms with van der Waals surface area (Å²) in [5.41, 5.74) is 2.09. The molecule has 2 heterocycles. The van der Waals surface area contributed by atoms with Gasteiger partial charge in [-0.05, 0) is 30.7 Å². The standard InChI is InChI=1S/C20H25N5O2/c1-16(19(26)22-15-17-6-5-9-21-14-17)23-20(27)25-12-10-24(11-13-25)18-7-3-2-4-8-18/h2-9,14,16H,10-13,15H2,1H3,(H,22,26)(H,23,27)/t16-/m1/s1. The Labute approximate surface area is 159 Å². The smallest absolute Gasteiger partial charge is 0.318 e. The van der Waals surface area contributed by atoms with Crippen LogP contribution < -0.4 is 15.5 Å². The summed E-state index contributed by atoms with van der Waals surface area (Å²) in [5, 5.41) is 5.60. The highest BCUT2D eigenvalue weighted by Gasteiger charge is 2.24. The van der Waals surface area contributed by atoms with E-state index in [0.717, 1.165) is 18.7 Å². The van der Waals surface area contributed by atoms with Crippen molar-refractivity contribution in [2.75, 3.05) is 31.1 Å². The maximum absolute atomic E-state index is 12.4. The zero-order valence-electron chi connectivity index (χ0n) is 15.5. The number of urea groups is 1. The van der Waals surface area contributed by atoms with E-state index in [0.29, 0.717) is 19.6 Å². The molecule has 1 atom stereocenters. The third-order valence-electron chi connectivity index (χ3n) is 4.61. The Bertz CT molecular complexity index is 745. The molecule has 0 spiro atoms. The molecule has 1 aliphatic heterocycles. The van der Waals surface area contributed by atoms with Gasteiger partial charge in [0.15, 0.2) is 0 Å². The number of pyridine rings is 1. The van der Waals surface area contributed by atoms with Gasteiger partial charge in [0.05, 0.1) is 0 Å². The molecule has 1 aromatic carbocycles. The highest BCUT2D eigenvalue weighted by atomic mass is 16.2. The number of para-hydroxylation sites is 1. The van der Waals surface area contributed by atoms with Crippen molar-refractivity contribution in [1.29, 1.82) is 0 Å². The summed E-state index contributed by atoms with van der Waals surface area (Å²) >= 11 is 0. The van der Waals surface area contributed by atoms with Crippen molar-refractivity contribution in [3.8, 4) is 0 Å². The van der Waals surface area contributed by atoms with Crippen molar-refractivity contribution < 1.29 is 9.59 Å². The van der Waals surface area contributed by atoms with Gasteiger partial charge in [0.25, 0.3) is 0 Å². The molecule has 27 heavy (non-hydrogen) atoms. The zero-order chi connectivity index (χ0) is 19.1. The van der Waals surface area contributed by atoms with Crippen LogP contribution in [0.1, 0.15) is 12.5 Å². The molecule has 0 saturated carbocycles. The Hall–Kier alpha value is -3.09. The number of anilines is 1. The molecule has 1 fully saturated rings. The maximum Gasteiger partial charge on any atom is 0.318 e. The fourth-order valence-electron chi connectivity index (χ4n) is 2.99. The molecule has 0 radical (unpaired) electrons. The first-order valence-corrected chi connectivity index (χ1v) is 9.15. The molecule has 7 nitrogen and oxygen atoms in total. The zero-order valence-corrected chi connectivity index (χ0v) is 15.5. The first kappa shape index (κ1) is 18.7. The fraction of sp³-hybridized carbons (Fsp3) is 0.350. The van der Waals surface area contributed by atoms with Crippen LogP contribution in [0.5, 0.6) is 0 Å². The molecule has 0 bridgehead atoms. The summed E-state index contributed by atoms with van der Waals surface area (Å²) < 4.78 is 0. The van der Waals surface area contributed by atoms with E-state index >= 15 is 0 Å². The Morgan fingerprint density at radius 2 is 1.81 bits per heavy atom. The van der Waals surface area contributed by atoms with Gasteiger partial charge in [-0.2, -0.15) is 0 Å². The lowest BCUT2D eigenvalue weighted by molar-refractivity contribution is -0.122. The lowest BCUT2D eigenvalue weighted by atomic mass is 10.2. The van der Waals surface area contributed by atoms with Gasteiger partial charge in [0.1, 0.15) is 6.04 Å². The molecule has 3 amide bonds. The van der Waals surface area contributed by atoms with E-state index in [9.17, 15) is 9.59 Å². The molecule has 1 saturated heterocycles. The third-order valence-corrected chi connectivity index (χ3v) is 4.61. The van der Waals surface area contributed by atoms with E-state index in [1.54, 1.807) is 24.2 Å². The van der Waals surface area contributed by atoms with Gasteiger partial charge in [-0.1, -0.05) is 24.3 Å². The van der Waals surface area contributed by atoms with Crippen LogP contribution in [0.25, 0.3) is 0 Å². The largest absolute Gasteiger partial charge is 0.368 e. The van der Waals surface area contributed by atoms with Crippen molar-refractivity contribution in [2.24, 2.45) is 0 Å². The van der Waals surface area contributed by atoms with Gasteiger partial charge in [-0.3, -0.25) is 9.78 Å². The van der Waals surface area contributed by atoms with Crippen LogP contribution in [0.15, 0.2) is 54.9 Å². The van der Waals surface area contributed by atoms with E-state index in [1.807, 2.05) is 30.3 Å². The third kappa shape index (κ3) is 5.20. The van der Waals surface area contributed by atoms with Crippen molar-refractivity contribution >= 4 is 17.6 Å². The van der Waals surface area contributed by atoms with Crippen LogP contribution in [-0.2, 0) is 11.3 Å². The number of rotatable bonds is 5. The predicted octanol–water partition coefficient (Wildman–Crippen LogP) is 1.62. The second-order valence-corrected chi connectivity index (χ2v) is 6.56. The second kappa shape index (κ2) is 9.02. The number of carbonyl (C=O) groups is 2. The molecule has 2 N–H and O–H groups in total. The molecule has 7 heteroatoms. The molecular formula is C20H25N5O2. The van der Waals surface area contributed by atoms with Crippen LogP contribution in [-0.4, -0.2) is 54.0 Å². The maximum atomic E-state index is 12.4. The minimum Gasteiger partial charge on any atom is -0.368 e. The van der Waals surface area contributed by atoms with Gasteiger partial charge >= 0.3 is 6.03 Å². The first-order valence-electron chi connectivity index (χ1n) is 9.15. The minimum atomic E-state index is -0.596. The number of hydrogen-bond acceptors (Lipinski definition) is 4. The minimum absolute atomic E-state index is 0.202. The van der Waals surface area contributed by atoms with E-state index in [-0.39, 0.29) is 11.9 Å². The van der Waals surface area contributed by atoms with E-state index in [4.69, 9.17) is 0 Å². The SMILES string of the molecule is C[C@@H](NC(=O)N1CCN(c2ccccc2)CC1)C(=O)NCc1cccnc1. The molecular weight excluding hydrogens is 342 g/mol. The van der Waals surface area contributed by atoms with Crippen LogP contribution in [0.4, 0.5) is 10.5 Å². The van der Waals surface area contributed by atoms with Crippen LogP contribution in [0.2, 0.25) is 0 Å². The molecule has 2 aromatic rings. The monoisotopic (exact) mass is 367 g/mol. The van der Waals surface area contributed by atoms with Crippen LogP contribution in [0, 0.1) is 0 Å². The summed E-state index contributed by atoms with van der Waals surface area (Å²) in [7, 11) is 0. The predicted molar refractivity (Wildman–Crippen MR) is 104 cm³/mol. The van der Waals surface area contributed by atoms with Gasteiger partial charge in [-0.15, -0.1) is 0 Å². The number of nitrogens with zero attached hydrogens (tertiary/aromatic N) is 3. The van der Waals surface area contributed by atoms with Crippen molar-refractivity contribution in [1.82, 2.24) is 20.5 Å². The van der Waals surface area contributed by atoms with Crippen LogP contribution >= 0.6 is 0 Å². The highest BCUT2D eigenvalue weighted by Crippen LogP contribution is 2.15. The van der Waals surface area contributed by atoms with E-state index in [1.165, 1.54) is 5.69 Å². The molecule has 3 rings (SSSR count). The normalized spacial score (nSPS) is 15.1. The van der Waals surface area contributed by atoms with Crippen molar-refractivity contribution in [2.45, 2.75) is 19.5 Å². The summed E-state index contributed by atoms with van der Waals surface area (Å²) in [6.45, 7) is 4.90. The van der Waals surface area contributed by atoms with E-state index < -0.39 is 6.04 Å². The summed E-state index contributed by atoms with van der Waals surface area (Å²) in [6, 6.07) is 13.1. The van der Waals surface area contributed by atoms with E-state index in [2.05, 4.69) is 32.7 Å². The first-order chi connectivity index (χ1) is 13.1. The number of nitrogens with one attached hydrogen (secondary N) is 2. The number of carbonyl (C=O) groups excluding carboxylic acids is 2. The van der Waals surface area contributed by atoms with Gasteiger partial charge in [0, 0.05) is 50.8 Å². The number of aromatic nitrogens is 1. The molecule has 0 unspecified atom stereocenters. The van der Waals surface area contributed by atoms with Crippen molar-refractivity contribution in [3.05, 3.63) is 60.4 Å². The lowest BCUT2D eigenvalue weighted by Crippen LogP contribution is -2.55. The Morgan fingerprint density at radius 3 is 2.48 bits per heavy atom. The fourth-order valence-corrected chi connectivity index (χ4v) is 2.99. The highest BCUT2D eigenvalue weighted by molar-refractivity contribution is 5.86. The number of piperazine rings is 1. The average molecular weight is 367 g/mol. The van der Waals surface area contributed by atoms with Gasteiger partial charge < -0.3 is 20.4 Å². The Balaban J connectivity index is 1.42. The molecule has 0 aliphatic carbocycles. The number of benzene rings is 1. The summed E-state index contributed by atoms with van der Waals surface area (Å²) in [5.74, 6) is -0.213. The van der Waals surface area contributed by atoms with Crippen molar-refractivity contribution in [3.63, 3.8) is 0 Å². The molecule has 1 aromatic heterocycles. The topological polar surface area (TPSA) is 77.6 Å².